The number of carbonyl (C=O) groups is 1. The van der Waals surface area contributed by atoms with Gasteiger partial charge in [-0.1, -0.05) is 17.7 Å². The molecular weight excluding hydrogens is 262 g/mol. The summed E-state index contributed by atoms with van der Waals surface area (Å²) in [5, 5.41) is 5.01. The van der Waals surface area contributed by atoms with E-state index in [1.807, 2.05) is 29.2 Å². The maximum Gasteiger partial charge on any atom is 0.270 e. The molecule has 1 aliphatic rings. The van der Waals surface area contributed by atoms with E-state index < -0.39 is 0 Å². The lowest BCUT2D eigenvalue weighted by atomic mass is 10.2. The zero-order valence-corrected chi connectivity index (χ0v) is 11.5. The smallest absolute Gasteiger partial charge is 0.270 e. The monoisotopic (exact) mass is 277 g/mol. The van der Waals surface area contributed by atoms with Crippen LogP contribution in [0.25, 0.3) is 10.9 Å². The van der Waals surface area contributed by atoms with Crippen molar-refractivity contribution >= 4 is 28.4 Å². The number of hydrogen-bond acceptors (Lipinski definition) is 2. The van der Waals surface area contributed by atoms with Gasteiger partial charge in [-0.15, -0.1) is 0 Å². The first-order valence-electron chi connectivity index (χ1n) is 6.44. The molecule has 5 heteroatoms. The minimum atomic E-state index is 0.0562. The fourth-order valence-electron chi connectivity index (χ4n) is 2.50. The van der Waals surface area contributed by atoms with Crippen LogP contribution in [0.1, 0.15) is 17.4 Å². The van der Waals surface area contributed by atoms with E-state index in [1.165, 1.54) is 0 Å². The molecule has 4 nitrogen and oxygen atoms in total. The van der Waals surface area contributed by atoms with E-state index in [0.29, 0.717) is 16.8 Å². The third kappa shape index (κ3) is 2.46. The van der Waals surface area contributed by atoms with E-state index in [-0.39, 0.29) is 5.91 Å². The van der Waals surface area contributed by atoms with Crippen LogP contribution in [0.4, 0.5) is 0 Å². The average Bonchev–Trinajstić information content (AvgIpc) is 2.80. The van der Waals surface area contributed by atoms with Crippen LogP contribution in [-0.2, 0) is 0 Å². The van der Waals surface area contributed by atoms with Crippen molar-refractivity contribution in [2.75, 3.05) is 19.6 Å². The SMILES string of the molecule is C[C@@H]1CN(C(=O)c2cc3ccc(Cl)cc3[nH]2)CCN1. The summed E-state index contributed by atoms with van der Waals surface area (Å²) in [6.07, 6.45) is 0. The zero-order chi connectivity index (χ0) is 13.4. The van der Waals surface area contributed by atoms with E-state index in [0.717, 1.165) is 30.5 Å². The van der Waals surface area contributed by atoms with Gasteiger partial charge in [0.1, 0.15) is 5.69 Å². The number of aromatic nitrogens is 1. The highest BCUT2D eigenvalue weighted by Crippen LogP contribution is 2.21. The van der Waals surface area contributed by atoms with Gasteiger partial charge in [-0.05, 0) is 25.1 Å². The van der Waals surface area contributed by atoms with E-state index in [1.54, 1.807) is 0 Å². The van der Waals surface area contributed by atoms with Gasteiger partial charge in [0, 0.05) is 41.6 Å². The standard InChI is InChI=1S/C14H16ClN3O/c1-9-8-18(5-4-16-9)14(19)13-6-10-2-3-11(15)7-12(10)17-13/h2-3,6-7,9,16-17H,4-5,8H2,1H3/t9-/m1/s1. The lowest BCUT2D eigenvalue weighted by molar-refractivity contribution is 0.0704. The molecule has 19 heavy (non-hydrogen) atoms. The molecule has 0 aliphatic carbocycles. The quantitative estimate of drug-likeness (QED) is 0.840. The Kier molecular flexibility index (Phi) is 3.21. The number of carbonyl (C=O) groups excluding carboxylic acids is 1. The molecule has 1 aliphatic heterocycles. The third-order valence-electron chi connectivity index (χ3n) is 3.47. The van der Waals surface area contributed by atoms with Gasteiger partial charge in [0.25, 0.3) is 5.91 Å². The second kappa shape index (κ2) is 4.87. The van der Waals surface area contributed by atoms with Crippen molar-refractivity contribution in [2.24, 2.45) is 0 Å². The number of rotatable bonds is 1. The Morgan fingerprint density at radius 1 is 1.42 bits per heavy atom. The summed E-state index contributed by atoms with van der Waals surface area (Å²) in [7, 11) is 0. The number of H-pyrrole nitrogens is 1. The van der Waals surface area contributed by atoms with Crippen molar-refractivity contribution in [3.05, 3.63) is 35.0 Å². The Morgan fingerprint density at radius 2 is 2.26 bits per heavy atom. The second-order valence-electron chi connectivity index (χ2n) is 5.02. The van der Waals surface area contributed by atoms with E-state index in [2.05, 4.69) is 17.2 Å². The summed E-state index contributed by atoms with van der Waals surface area (Å²) in [6, 6.07) is 7.83. The molecule has 0 spiro atoms. The van der Waals surface area contributed by atoms with Crippen LogP contribution < -0.4 is 5.32 Å². The normalized spacial score (nSPS) is 19.9. The van der Waals surface area contributed by atoms with Crippen LogP contribution >= 0.6 is 11.6 Å². The summed E-state index contributed by atoms with van der Waals surface area (Å²) in [6.45, 7) is 4.43. The van der Waals surface area contributed by atoms with Crippen LogP contribution in [0.15, 0.2) is 24.3 Å². The lowest BCUT2D eigenvalue weighted by Gasteiger charge is -2.31. The molecule has 1 fully saturated rings. The van der Waals surface area contributed by atoms with Gasteiger partial charge in [-0.2, -0.15) is 0 Å². The molecule has 2 heterocycles. The number of piperazine rings is 1. The fraction of sp³-hybridized carbons (Fsp3) is 0.357. The number of amides is 1. The van der Waals surface area contributed by atoms with Gasteiger partial charge in [0.2, 0.25) is 0 Å². The summed E-state index contributed by atoms with van der Waals surface area (Å²) in [4.78, 5) is 17.5. The average molecular weight is 278 g/mol. The zero-order valence-electron chi connectivity index (χ0n) is 10.7. The number of nitrogens with one attached hydrogen (secondary N) is 2. The number of fused-ring (bicyclic) bond motifs is 1. The second-order valence-corrected chi connectivity index (χ2v) is 5.46. The molecule has 1 aromatic heterocycles. The highest BCUT2D eigenvalue weighted by Gasteiger charge is 2.22. The summed E-state index contributed by atoms with van der Waals surface area (Å²) in [5.74, 6) is 0.0562. The predicted molar refractivity (Wildman–Crippen MR) is 76.7 cm³/mol. The molecule has 0 radical (unpaired) electrons. The van der Waals surface area contributed by atoms with Crippen LogP contribution in [0, 0.1) is 0 Å². The molecule has 1 amide bonds. The number of halogens is 1. The molecule has 3 rings (SSSR count). The van der Waals surface area contributed by atoms with Crippen LogP contribution in [-0.4, -0.2) is 41.5 Å². The van der Waals surface area contributed by atoms with Gasteiger partial charge >= 0.3 is 0 Å². The number of benzene rings is 1. The first kappa shape index (κ1) is 12.5. The number of hydrogen-bond donors (Lipinski definition) is 2. The number of aromatic amines is 1. The van der Waals surface area contributed by atoms with Crippen molar-refractivity contribution in [3.8, 4) is 0 Å². The van der Waals surface area contributed by atoms with E-state index in [9.17, 15) is 4.79 Å². The van der Waals surface area contributed by atoms with Crippen LogP contribution in [0.5, 0.6) is 0 Å². The van der Waals surface area contributed by atoms with Crippen LogP contribution in [0.2, 0.25) is 5.02 Å². The molecule has 100 valence electrons. The van der Waals surface area contributed by atoms with Crippen LogP contribution in [0.3, 0.4) is 0 Å². The molecule has 1 aromatic carbocycles. The maximum absolute atomic E-state index is 12.4. The maximum atomic E-state index is 12.4. The first-order chi connectivity index (χ1) is 9.13. The molecule has 1 saturated heterocycles. The van der Waals surface area contributed by atoms with Gasteiger partial charge < -0.3 is 15.2 Å². The molecule has 2 aromatic rings. The minimum Gasteiger partial charge on any atom is -0.350 e. The van der Waals surface area contributed by atoms with Crippen molar-refractivity contribution in [1.82, 2.24) is 15.2 Å². The Morgan fingerprint density at radius 3 is 3.05 bits per heavy atom. The molecule has 1 atom stereocenters. The van der Waals surface area contributed by atoms with Gasteiger partial charge in [-0.25, -0.2) is 0 Å². The summed E-state index contributed by atoms with van der Waals surface area (Å²) >= 11 is 5.95. The topological polar surface area (TPSA) is 48.1 Å². The van der Waals surface area contributed by atoms with Crippen molar-refractivity contribution in [2.45, 2.75) is 13.0 Å². The fourth-order valence-corrected chi connectivity index (χ4v) is 2.67. The van der Waals surface area contributed by atoms with Gasteiger partial charge in [-0.3, -0.25) is 4.79 Å². The Labute approximate surface area is 116 Å². The third-order valence-corrected chi connectivity index (χ3v) is 3.71. The Hall–Kier alpha value is -1.52. The van der Waals surface area contributed by atoms with Gasteiger partial charge in [0.15, 0.2) is 0 Å². The minimum absolute atomic E-state index is 0.0562. The molecular formula is C14H16ClN3O. The molecule has 0 saturated carbocycles. The Balaban J connectivity index is 1.88. The predicted octanol–water partition coefficient (Wildman–Crippen LogP) is 2.26. The first-order valence-corrected chi connectivity index (χ1v) is 6.82. The number of nitrogens with zero attached hydrogens (tertiary/aromatic N) is 1. The van der Waals surface area contributed by atoms with Crippen molar-refractivity contribution in [3.63, 3.8) is 0 Å². The summed E-state index contributed by atoms with van der Waals surface area (Å²) in [5.41, 5.74) is 1.53. The molecule has 0 unspecified atom stereocenters. The molecule has 0 bridgehead atoms. The largest absolute Gasteiger partial charge is 0.350 e. The highest BCUT2D eigenvalue weighted by molar-refractivity contribution is 6.31. The summed E-state index contributed by atoms with van der Waals surface area (Å²) < 4.78 is 0. The lowest BCUT2D eigenvalue weighted by Crippen LogP contribution is -2.51. The van der Waals surface area contributed by atoms with Gasteiger partial charge in [0.05, 0.1) is 0 Å². The van der Waals surface area contributed by atoms with E-state index in [4.69, 9.17) is 11.6 Å². The highest BCUT2D eigenvalue weighted by atomic mass is 35.5. The Bertz CT molecular complexity index is 622. The van der Waals surface area contributed by atoms with E-state index >= 15 is 0 Å². The van der Waals surface area contributed by atoms with Crippen molar-refractivity contribution < 1.29 is 4.79 Å². The van der Waals surface area contributed by atoms with Crippen molar-refractivity contribution in [1.29, 1.82) is 0 Å². The molecule has 2 N–H and O–H groups in total.